The Hall–Kier alpha value is -2.18. The molecule has 7 nitrogen and oxygen atoms in total. The summed E-state index contributed by atoms with van der Waals surface area (Å²) < 4.78 is 1.12. The van der Waals surface area contributed by atoms with E-state index in [1.807, 2.05) is 0 Å². The molecule has 128 valence electrons. The van der Waals surface area contributed by atoms with E-state index in [2.05, 4.69) is 5.32 Å². The molecular weight excluding hydrogens is 310 g/mol. The molecule has 7 heteroatoms. The second kappa shape index (κ2) is 5.43. The molecule has 1 N–H and O–H groups in total. The number of rotatable bonds is 4. The van der Waals surface area contributed by atoms with Crippen molar-refractivity contribution in [1.29, 1.82) is 0 Å². The van der Waals surface area contributed by atoms with Crippen LogP contribution in [-0.4, -0.2) is 20.9 Å². The standard InChI is InChI=1S/C17H21N3O4/c21-15(10-19-9-14(20(23)24)1-2-16(19)22)18-17-6-11-3-12(7-17)5-13(4-11)8-17/h1-2,9,11-13H,3-8,10H2,(H,18,21). The van der Waals surface area contributed by atoms with Crippen LogP contribution in [0.3, 0.4) is 0 Å². The average Bonchev–Trinajstić information content (AvgIpc) is 2.47. The van der Waals surface area contributed by atoms with E-state index in [4.69, 9.17) is 0 Å². The van der Waals surface area contributed by atoms with Crippen LogP contribution in [0.15, 0.2) is 23.1 Å². The van der Waals surface area contributed by atoms with Gasteiger partial charge < -0.3 is 5.32 Å². The lowest BCUT2D eigenvalue weighted by molar-refractivity contribution is -0.385. The van der Waals surface area contributed by atoms with Crippen LogP contribution in [0.1, 0.15) is 38.5 Å². The first-order chi connectivity index (χ1) is 11.4. The third-order valence-corrected chi connectivity index (χ3v) is 5.94. The minimum absolute atomic E-state index is 0.115. The lowest BCUT2D eigenvalue weighted by atomic mass is 9.53. The molecule has 1 amide bonds. The topological polar surface area (TPSA) is 94.2 Å². The Balaban J connectivity index is 1.49. The molecule has 4 aliphatic rings. The zero-order chi connectivity index (χ0) is 16.9. The molecule has 4 bridgehead atoms. The fourth-order valence-electron chi connectivity index (χ4n) is 5.50. The Bertz CT molecular complexity index is 719. The summed E-state index contributed by atoms with van der Waals surface area (Å²) in [7, 11) is 0. The molecule has 24 heavy (non-hydrogen) atoms. The molecule has 1 aromatic heterocycles. The van der Waals surface area contributed by atoms with Crippen LogP contribution in [0.25, 0.3) is 0 Å². The number of hydrogen-bond donors (Lipinski definition) is 1. The van der Waals surface area contributed by atoms with Gasteiger partial charge in [-0.15, -0.1) is 0 Å². The lowest BCUT2D eigenvalue weighted by Gasteiger charge is -2.56. The van der Waals surface area contributed by atoms with Crippen LogP contribution in [0.4, 0.5) is 5.69 Å². The normalized spacial score (nSPS) is 33.4. The number of nitrogens with one attached hydrogen (secondary N) is 1. The molecule has 4 fully saturated rings. The summed E-state index contributed by atoms with van der Waals surface area (Å²) in [6.07, 6.45) is 8.12. The second-order valence-electron chi connectivity index (χ2n) is 7.86. The third-order valence-electron chi connectivity index (χ3n) is 5.94. The highest BCUT2D eigenvalue weighted by atomic mass is 16.6. The summed E-state index contributed by atoms with van der Waals surface area (Å²) in [5, 5.41) is 14.0. The summed E-state index contributed by atoms with van der Waals surface area (Å²) in [6, 6.07) is 2.30. The molecule has 0 saturated heterocycles. The van der Waals surface area contributed by atoms with Gasteiger partial charge in [-0.2, -0.15) is 0 Å². The number of hydrogen-bond acceptors (Lipinski definition) is 4. The van der Waals surface area contributed by atoms with Gasteiger partial charge in [0.25, 0.3) is 11.2 Å². The van der Waals surface area contributed by atoms with E-state index >= 15 is 0 Å². The van der Waals surface area contributed by atoms with Crippen LogP contribution in [-0.2, 0) is 11.3 Å². The SMILES string of the molecule is O=C(Cn1cc([N+](=O)[O-])ccc1=O)NC12CC3CC(CC(C3)C1)C2. The van der Waals surface area contributed by atoms with Crippen molar-refractivity contribution in [2.24, 2.45) is 17.8 Å². The highest BCUT2D eigenvalue weighted by molar-refractivity contribution is 5.76. The minimum Gasteiger partial charge on any atom is -0.349 e. The van der Waals surface area contributed by atoms with Crippen LogP contribution in [0.2, 0.25) is 0 Å². The largest absolute Gasteiger partial charge is 0.349 e. The van der Waals surface area contributed by atoms with Gasteiger partial charge in [0.15, 0.2) is 0 Å². The number of carbonyl (C=O) groups excluding carboxylic acids is 1. The Morgan fingerprint density at radius 1 is 1.21 bits per heavy atom. The van der Waals surface area contributed by atoms with E-state index in [1.165, 1.54) is 19.3 Å². The van der Waals surface area contributed by atoms with Crippen molar-refractivity contribution in [3.8, 4) is 0 Å². The quantitative estimate of drug-likeness (QED) is 0.673. The second-order valence-corrected chi connectivity index (χ2v) is 7.86. The highest BCUT2D eigenvalue weighted by Crippen LogP contribution is 2.55. The van der Waals surface area contributed by atoms with Gasteiger partial charge in [0, 0.05) is 17.7 Å². The van der Waals surface area contributed by atoms with E-state index in [9.17, 15) is 19.7 Å². The third kappa shape index (κ3) is 2.72. The van der Waals surface area contributed by atoms with Crippen molar-refractivity contribution in [2.75, 3.05) is 0 Å². The summed E-state index contributed by atoms with van der Waals surface area (Å²) in [5.74, 6) is 1.94. The first kappa shape index (κ1) is 15.4. The number of aromatic nitrogens is 1. The van der Waals surface area contributed by atoms with Crippen LogP contribution < -0.4 is 10.9 Å². The fraction of sp³-hybridized carbons (Fsp3) is 0.647. The van der Waals surface area contributed by atoms with E-state index in [1.54, 1.807) is 0 Å². The molecule has 0 radical (unpaired) electrons. The van der Waals surface area contributed by atoms with Crippen molar-refractivity contribution in [1.82, 2.24) is 9.88 Å². The molecular formula is C17H21N3O4. The molecule has 0 spiro atoms. The maximum Gasteiger partial charge on any atom is 0.285 e. The summed E-state index contributed by atoms with van der Waals surface area (Å²) in [6.45, 7) is -0.164. The van der Waals surface area contributed by atoms with Crippen molar-refractivity contribution >= 4 is 11.6 Å². The summed E-state index contributed by atoms with van der Waals surface area (Å²) >= 11 is 0. The molecule has 1 heterocycles. The Morgan fingerprint density at radius 2 is 1.79 bits per heavy atom. The average molecular weight is 331 g/mol. The molecule has 1 aromatic rings. The molecule has 5 rings (SSSR count). The Kier molecular flexibility index (Phi) is 3.47. The highest BCUT2D eigenvalue weighted by Gasteiger charge is 2.51. The molecule has 0 aromatic carbocycles. The van der Waals surface area contributed by atoms with Crippen molar-refractivity contribution in [2.45, 2.75) is 50.6 Å². The first-order valence-corrected chi connectivity index (χ1v) is 8.58. The van der Waals surface area contributed by atoms with Crippen molar-refractivity contribution in [3.63, 3.8) is 0 Å². The Labute approximate surface area is 139 Å². The van der Waals surface area contributed by atoms with E-state index < -0.39 is 10.5 Å². The van der Waals surface area contributed by atoms with Gasteiger partial charge in [-0.1, -0.05) is 0 Å². The number of nitrogens with zero attached hydrogens (tertiary/aromatic N) is 2. The maximum absolute atomic E-state index is 12.5. The monoisotopic (exact) mass is 331 g/mol. The van der Waals surface area contributed by atoms with Crippen molar-refractivity contribution in [3.05, 3.63) is 38.8 Å². The van der Waals surface area contributed by atoms with Gasteiger partial charge in [-0.25, -0.2) is 0 Å². The predicted molar refractivity (Wildman–Crippen MR) is 86.4 cm³/mol. The predicted octanol–water partition coefficient (Wildman–Crippen LogP) is 1.84. The summed E-state index contributed by atoms with van der Waals surface area (Å²) in [4.78, 5) is 34.6. The summed E-state index contributed by atoms with van der Waals surface area (Å²) in [5.41, 5.74) is -0.700. The zero-order valence-corrected chi connectivity index (χ0v) is 13.4. The van der Waals surface area contributed by atoms with E-state index in [0.717, 1.165) is 59.9 Å². The van der Waals surface area contributed by atoms with Crippen LogP contribution in [0, 0.1) is 27.9 Å². The number of amides is 1. The molecule has 0 unspecified atom stereocenters. The van der Waals surface area contributed by atoms with Gasteiger partial charge in [0.05, 0.1) is 11.1 Å². The number of pyridine rings is 1. The zero-order valence-electron chi connectivity index (χ0n) is 13.4. The smallest absolute Gasteiger partial charge is 0.285 e. The molecule has 0 atom stereocenters. The molecule has 4 saturated carbocycles. The van der Waals surface area contributed by atoms with Gasteiger partial charge in [0.2, 0.25) is 5.91 Å². The van der Waals surface area contributed by atoms with E-state index in [0.29, 0.717) is 0 Å². The van der Waals surface area contributed by atoms with Crippen molar-refractivity contribution < 1.29 is 9.72 Å². The molecule has 0 aliphatic heterocycles. The first-order valence-electron chi connectivity index (χ1n) is 8.58. The number of nitro groups is 1. The number of carbonyl (C=O) groups is 1. The van der Waals surface area contributed by atoms with Gasteiger partial charge in [-0.05, 0) is 56.3 Å². The maximum atomic E-state index is 12.5. The van der Waals surface area contributed by atoms with Gasteiger partial charge >= 0.3 is 0 Å². The Morgan fingerprint density at radius 3 is 2.33 bits per heavy atom. The van der Waals surface area contributed by atoms with Gasteiger partial charge in [-0.3, -0.25) is 24.3 Å². The minimum atomic E-state index is -0.563. The van der Waals surface area contributed by atoms with Gasteiger partial charge in [0.1, 0.15) is 6.54 Å². The lowest BCUT2D eigenvalue weighted by Crippen LogP contribution is -2.60. The van der Waals surface area contributed by atoms with E-state index in [-0.39, 0.29) is 23.7 Å². The van der Waals surface area contributed by atoms with Crippen LogP contribution >= 0.6 is 0 Å². The van der Waals surface area contributed by atoms with Crippen LogP contribution in [0.5, 0.6) is 0 Å². The fourth-order valence-corrected chi connectivity index (χ4v) is 5.50. The molecule has 4 aliphatic carbocycles.